The van der Waals surface area contributed by atoms with Crippen LogP contribution in [0, 0.1) is 0 Å². The molecule has 0 bridgehead atoms. The minimum absolute atomic E-state index is 0.114. The lowest BCUT2D eigenvalue weighted by molar-refractivity contribution is -0.147. The molecule has 0 heterocycles. The van der Waals surface area contributed by atoms with Gasteiger partial charge in [-0.15, -0.1) is 0 Å². The molecule has 0 saturated carbocycles. The van der Waals surface area contributed by atoms with Gasteiger partial charge in [0.05, 0.1) is 91.8 Å². The van der Waals surface area contributed by atoms with E-state index in [1.807, 2.05) is 9.80 Å². The van der Waals surface area contributed by atoms with E-state index in [1.165, 1.54) is 7.11 Å². The molecule has 2 N–H and O–H groups in total. The Bertz CT molecular complexity index is 932. The van der Waals surface area contributed by atoms with E-state index in [0.29, 0.717) is 105 Å². The van der Waals surface area contributed by atoms with Crippen molar-refractivity contribution in [1.82, 2.24) is 9.80 Å². The van der Waals surface area contributed by atoms with Crippen LogP contribution < -0.4 is 0 Å². The highest BCUT2D eigenvalue weighted by Crippen LogP contribution is 2.05. The second-order valence-corrected chi connectivity index (χ2v) is 12.6. The average Bonchev–Trinajstić information content (AvgIpc) is 3.19. The molecule has 0 aliphatic heterocycles. The van der Waals surface area contributed by atoms with E-state index in [-0.39, 0.29) is 102 Å². The Morgan fingerprint density at radius 2 is 0.625 bits per heavy atom. The maximum Gasteiger partial charge on any atom is 0.307 e. The van der Waals surface area contributed by atoms with Crippen LogP contribution in [0.25, 0.3) is 0 Å². The van der Waals surface area contributed by atoms with Crippen molar-refractivity contribution in [3.05, 3.63) is 0 Å². The Balaban J connectivity index is 3.98. The van der Waals surface area contributed by atoms with Gasteiger partial charge in [0.15, 0.2) is 0 Å². The van der Waals surface area contributed by atoms with Gasteiger partial charge in [-0.1, -0.05) is 0 Å². The predicted molar refractivity (Wildman–Crippen MR) is 204 cm³/mol. The van der Waals surface area contributed by atoms with Crippen molar-refractivity contribution < 1.29 is 76.8 Å². The molecule has 18 nitrogen and oxygen atoms in total. The largest absolute Gasteiger partial charge is 0.463 e. The third-order valence-corrected chi connectivity index (χ3v) is 7.99. The first-order valence-corrected chi connectivity index (χ1v) is 19.9. The number of hydrogen-bond acceptors (Lipinski definition) is 18. The summed E-state index contributed by atoms with van der Waals surface area (Å²) in [6, 6.07) is 0. The summed E-state index contributed by atoms with van der Waals surface area (Å²) in [5.41, 5.74) is 0. The second kappa shape index (κ2) is 42.1. The molecule has 0 amide bonds. The van der Waals surface area contributed by atoms with Gasteiger partial charge in [0.1, 0.15) is 26.4 Å². The molecule has 0 radical (unpaired) electrons. The van der Waals surface area contributed by atoms with Crippen molar-refractivity contribution in [2.24, 2.45) is 0 Å². The maximum atomic E-state index is 12.3. The molecule has 0 aromatic rings. The third-order valence-electron chi connectivity index (χ3n) is 7.99. The molecule has 18 heteroatoms. The predicted octanol–water partition coefficient (Wildman–Crippen LogP) is 1.01. The van der Waals surface area contributed by atoms with Crippen LogP contribution in [0.5, 0.6) is 0 Å². The number of carbonyl (C=O) groups is 4. The summed E-state index contributed by atoms with van der Waals surface area (Å²) < 4.78 is 52.3. The molecule has 0 rings (SSSR count). The van der Waals surface area contributed by atoms with Crippen molar-refractivity contribution >= 4 is 23.9 Å². The molecule has 0 unspecified atom stereocenters. The summed E-state index contributed by atoms with van der Waals surface area (Å²) in [6.07, 6.45) is 5.56. The molecule has 0 fully saturated rings. The molecule has 0 saturated heterocycles. The zero-order valence-electron chi connectivity index (χ0n) is 34.1. The fraction of sp³-hybridized carbons (Fsp3) is 0.895. The van der Waals surface area contributed by atoms with Gasteiger partial charge in [-0.3, -0.25) is 19.2 Å². The van der Waals surface area contributed by atoms with E-state index in [2.05, 4.69) is 0 Å². The topological polar surface area (TPSA) is 208 Å². The highest BCUT2D eigenvalue weighted by molar-refractivity contribution is 5.71. The fourth-order valence-electron chi connectivity index (χ4n) is 4.87. The van der Waals surface area contributed by atoms with E-state index in [0.717, 1.165) is 25.7 Å². The van der Waals surface area contributed by atoms with Gasteiger partial charge in [0, 0.05) is 53.6 Å². The lowest BCUT2D eigenvalue weighted by Gasteiger charge is -2.21. The monoisotopic (exact) mass is 812 g/mol. The van der Waals surface area contributed by atoms with Gasteiger partial charge in [-0.25, -0.2) is 0 Å². The first-order chi connectivity index (χ1) is 27.4. The summed E-state index contributed by atoms with van der Waals surface area (Å²) in [4.78, 5) is 52.6. The van der Waals surface area contributed by atoms with Gasteiger partial charge >= 0.3 is 23.9 Å². The van der Waals surface area contributed by atoms with Gasteiger partial charge in [0.2, 0.25) is 0 Å². The van der Waals surface area contributed by atoms with E-state index in [9.17, 15) is 19.2 Å². The standard InChI is InChI=1S/C38H72N2O16/c1-47-21-23-49-28-32-54-36(44)10-17-40(14-6-4-8-20-42)18-12-38(46)56-34-30-52-27-25-50-24-26-51-29-33-55-37(45)11-16-39(13-5-3-7-19-41)15-9-35(43)53-31-22-48-2/h41-42H,3-34H2,1-2H3. The molecule has 56 heavy (non-hydrogen) atoms. The van der Waals surface area contributed by atoms with E-state index >= 15 is 0 Å². The number of aliphatic hydroxyl groups excluding tert-OH is 2. The third kappa shape index (κ3) is 38.4. The van der Waals surface area contributed by atoms with Crippen LogP contribution in [-0.2, 0) is 66.5 Å². The van der Waals surface area contributed by atoms with Crippen LogP contribution in [0.4, 0.5) is 0 Å². The van der Waals surface area contributed by atoms with Gasteiger partial charge < -0.3 is 67.4 Å². The Kier molecular flexibility index (Phi) is 40.2. The number of unbranched alkanes of at least 4 members (excludes halogenated alkanes) is 4. The molecule has 0 aliphatic rings. The number of esters is 4. The van der Waals surface area contributed by atoms with Crippen LogP contribution in [-0.4, -0.2) is 203 Å². The Labute approximate surface area is 333 Å². The van der Waals surface area contributed by atoms with Crippen LogP contribution in [0.15, 0.2) is 0 Å². The molecule has 0 aromatic heterocycles. The van der Waals surface area contributed by atoms with Gasteiger partial charge in [-0.2, -0.15) is 0 Å². The van der Waals surface area contributed by atoms with Crippen molar-refractivity contribution in [3.63, 3.8) is 0 Å². The lowest BCUT2D eigenvalue weighted by atomic mass is 10.2. The van der Waals surface area contributed by atoms with Crippen molar-refractivity contribution in [2.45, 2.75) is 64.2 Å². The van der Waals surface area contributed by atoms with Crippen molar-refractivity contribution in [2.75, 3.05) is 159 Å². The quantitative estimate of drug-likeness (QED) is 0.0500. The van der Waals surface area contributed by atoms with E-state index in [1.54, 1.807) is 7.11 Å². The summed E-state index contributed by atoms with van der Waals surface area (Å²) in [6.45, 7) is 7.39. The number of methoxy groups -OCH3 is 2. The first-order valence-electron chi connectivity index (χ1n) is 19.9. The Hall–Kier alpha value is -2.52. The number of hydrogen-bond donors (Lipinski definition) is 2. The van der Waals surface area contributed by atoms with Crippen LogP contribution in [0.1, 0.15) is 64.2 Å². The molecule has 0 aliphatic carbocycles. The molecule has 0 spiro atoms. The second-order valence-electron chi connectivity index (χ2n) is 12.6. The maximum absolute atomic E-state index is 12.3. The summed E-state index contributed by atoms with van der Waals surface area (Å²) in [5, 5.41) is 18.0. The fourth-order valence-corrected chi connectivity index (χ4v) is 4.87. The smallest absolute Gasteiger partial charge is 0.307 e. The van der Waals surface area contributed by atoms with Crippen LogP contribution >= 0.6 is 0 Å². The molecule has 0 aromatic carbocycles. The van der Waals surface area contributed by atoms with E-state index < -0.39 is 0 Å². The first kappa shape index (κ1) is 53.5. The van der Waals surface area contributed by atoms with Crippen molar-refractivity contribution in [1.29, 1.82) is 0 Å². The normalized spacial score (nSPS) is 11.3. The molecule has 0 atom stereocenters. The Morgan fingerprint density at radius 1 is 0.357 bits per heavy atom. The van der Waals surface area contributed by atoms with Crippen molar-refractivity contribution in [3.8, 4) is 0 Å². The SMILES string of the molecule is COCCOCCOC(=O)CCN(CCCCCO)CCC(=O)OCCOCCOCCOCCOC(=O)CCN(CCCCCO)CCC(=O)OCCOC. The average molecular weight is 813 g/mol. The Morgan fingerprint density at radius 3 is 0.929 bits per heavy atom. The minimum Gasteiger partial charge on any atom is -0.463 e. The highest BCUT2D eigenvalue weighted by Gasteiger charge is 2.14. The highest BCUT2D eigenvalue weighted by atomic mass is 16.6. The summed E-state index contributed by atoms with van der Waals surface area (Å²) in [7, 11) is 3.12. The zero-order chi connectivity index (χ0) is 41.2. The number of ether oxygens (including phenoxy) is 10. The molecular formula is C38H72N2O16. The van der Waals surface area contributed by atoms with Crippen LogP contribution in [0.3, 0.4) is 0 Å². The van der Waals surface area contributed by atoms with Gasteiger partial charge in [-0.05, 0) is 51.6 Å². The summed E-state index contributed by atoms with van der Waals surface area (Å²) in [5.74, 6) is -1.36. The number of carbonyl (C=O) groups excluding carboxylic acids is 4. The van der Waals surface area contributed by atoms with E-state index in [4.69, 9.17) is 57.6 Å². The van der Waals surface area contributed by atoms with Crippen LogP contribution in [0.2, 0.25) is 0 Å². The molecule has 330 valence electrons. The lowest BCUT2D eigenvalue weighted by Crippen LogP contribution is -2.31. The molecular weight excluding hydrogens is 740 g/mol. The summed E-state index contributed by atoms with van der Waals surface area (Å²) >= 11 is 0. The van der Waals surface area contributed by atoms with Gasteiger partial charge in [0.25, 0.3) is 0 Å². The number of aliphatic hydroxyl groups is 2. The number of nitrogens with zero attached hydrogens (tertiary/aromatic N) is 2. The zero-order valence-corrected chi connectivity index (χ0v) is 34.1. The number of rotatable bonds is 43. The minimum atomic E-state index is -0.357.